The number of nitrogens with zero attached hydrogens (tertiary/aromatic N) is 5. The molecule has 10 N–H and O–H groups in total. The highest BCUT2D eigenvalue weighted by atomic mass is 35.5. The van der Waals surface area contributed by atoms with Gasteiger partial charge in [0, 0.05) is 26.0 Å². The molecule has 0 bridgehead atoms. The zero-order chi connectivity index (χ0) is 29.9. The molecule has 0 unspecified atom stereocenters. The van der Waals surface area contributed by atoms with Crippen molar-refractivity contribution in [1.29, 1.82) is 0 Å². The van der Waals surface area contributed by atoms with Crippen molar-refractivity contribution in [3.63, 3.8) is 0 Å². The number of amides is 2. The third kappa shape index (κ3) is 13.7. The first kappa shape index (κ1) is 33.3. The fourth-order valence-corrected chi connectivity index (χ4v) is 2.87. The maximum atomic E-state index is 12.2. The molecule has 40 heavy (non-hydrogen) atoms. The Balaban J connectivity index is 2.36. The number of aromatic nitrogens is 2. The maximum Gasteiger partial charge on any atom is 0.278 e. The number of amidine groups is 1. The molecule has 0 spiro atoms. The molecule has 0 radical (unpaired) electrons. The van der Waals surface area contributed by atoms with E-state index in [1.807, 2.05) is 13.0 Å². The Labute approximate surface area is 238 Å². The molecule has 1 rings (SSSR count). The van der Waals surface area contributed by atoms with Crippen molar-refractivity contribution in [2.75, 3.05) is 31.2 Å². The third-order valence-corrected chi connectivity index (χ3v) is 5.06. The number of carbonyl (C=O) groups is 2. The van der Waals surface area contributed by atoms with Crippen LogP contribution in [0.4, 0.5) is 11.8 Å². The number of anilines is 2. The Morgan fingerprint density at radius 3 is 2.62 bits per heavy atom. The summed E-state index contributed by atoms with van der Waals surface area (Å²) in [5, 5.41) is 4.76. The minimum atomic E-state index is -0.692. The summed E-state index contributed by atoms with van der Waals surface area (Å²) in [4.78, 5) is 43.7. The molecule has 1 aromatic heterocycles. The van der Waals surface area contributed by atoms with Crippen LogP contribution in [0.25, 0.3) is 0 Å². The number of carbonyl (C=O) groups excluding carboxylic acids is 2. The monoisotopic (exact) mass is 573 g/mol. The lowest BCUT2D eigenvalue weighted by atomic mass is 10.1. The van der Waals surface area contributed by atoms with E-state index in [0.29, 0.717) is 25.1 Å². The van der Waals surface area contributed by atoms with Crippen LogP contribution in [0, 0.1) is 0 Å². The molecule has 0 fully saturated rings. The van der Waals surface area contributed by atoms with Crippen molar-refractivity contribution >= 4 is 52.1 Å². The summed E-state index contributed by atoms with van der Waals surface area (Å²) in [6.45, 7) is 6.41. The van der Waals surface area contributed by atoms with Crippen molar-refractivity contribution in [2.24, 2.45) is 32.2 Å². The van der Waals surface area contributed by atoms with Gasteiger partial charge in [-0.15, -0.1) is 0 Å². The second-order valence-corrected chi connectivity index (χ2v) is 8.23. The van der Waals surface area contributed by atoms with Crippen molar-refractivity contribution < 1.29 is 14.3 Å². The lowest BCUT2D eigenvalue weighted by Crippen LogP contribution is -2.38. The van der Waals surface area contributed by atoms with Gasteiger partial charge in [-0.3, -0.25) is 30.2 Å². The molecule has 15 heteroatoms. The molecular weight excluding hydrogens is 538 g/mol. The van der Waals surface area contributed by atoms with E-state index in [1.54, 1.807) is 12.2 Å². The molecule has 0 aromatic carbocycles. The normalized spacial score (nSPS) is 13.3. The van der Waals surface area contributed by atoms with Crippen LogP contribution < -0.4 is 33.6 Å². The van der Waals surface area contributed by atoms with E-state index in [4.69, 9.17) is 39.3 Å². The first-order chi connectivity index (χ1) is 19.1. The van der Waals surface area contributed by atoms with E-state index in [9.17, 15) is 9.59 Å². The second-order valence-electron chi connectivity index (χ2n) is 7.88. The number of nitrogens with two attached hydrogens (primary N) is 4. The van der Waals surface area contributed by atoms with Gasteiger partial charge in [0.15, 0.2) is 17.0 Å². The Morgan fingerprint density at radius 2 is 1.98 bits per heavy atom. The Kier molecular flexibility index (Phi) is 15.4. The number of unbranched alkanes of at least 4 members (excludes halogenated alkanes) is 1. The summed E-state index contributed by atoms with van der Waals surface area (Å²) in [6, 6.07) is 1.53. The lowest BCUT2D eigenvalue weighted by Gasteiger charge is -2.08. The van der Waals surface area contributed by atoms with Gasteiger partial charge in [-0.05, 0) is 44.4 Å². The summed E-state index contributed by atoms with van der Waals surface area (Å²) >= 11 is 5.85. The van der Waals surface area contributed by atoms with E-state index >= 15 is 0 Å². The van der Waals surface area contributed by atoms with E-state index in [-0.39, 0.29) is 53.4 Å². The van der Waals surface area contributed by atoms with E-state index < -0.39 is 5.91 Å². The molecule has 1 heterocycles. The number of halogens is 1. The van der Waals surface area contributed by atoms with Gasteiger partial charge in [-0.25, -0.2) is 9.98 Å². The van der Waals surface area contributed by atoms with Gasteiger partial charge in [0.05, 0.1) is 13.0 Å². The molecule has 2 amide bonds. The van der Waals surface area contributed by atoms with Gasteiger partial charge < -0.3 is 27.7 Å². The first-order valence-corrected chi connectivity index (χ1v) is 12.5. The predicted octanol–water partition coefficient (Wildman–Crippen LogP) is 1.45. The van der Waals surface area contributed by atoms with E-state index in [2.05, 4.69) is 42.2 Å². The van der Waals surface area contributed by atoms with Crippen LogP contribution in [0.2, 0.25) is 0 Å². The van der Waals surface area contributed by atoms with Gasteiger partial charge in [-0.2, -0.15) is 4.98 Å². The summed E-state index contributed by atoms with van der Waals surface area (Å²) < 4.78 is 5.64. The SMILES string of the molecule is C=C(/C=C\C(=C/C)OCCC(=O)Nc1nccc(N)n1)CCCCN=C(N)NC(=O)/C(=C\N)N=C(Cl)C(N)=NC. The van der Waals surface area contributed by atoms with Crippen LogP contribution >= 0.6 is 11.6 Å². The number of guanidine groups is 1. The van der Waals surface area contributed by atoms with Gasteiger partial charge in [-0.1, -0.05) is 29.8 Å². The molecule has 0 atom stereocenters. The average molecular weight is 574 g/mol. The molecule has 0 saturated heterocycles. The zero-order valence-electron chi connectivity index (χ0n) is 22.6. The van der Waals surface area contributed by atoms with Crippen LogP contribution in [0.5, 0.6) is 0 Å². The highest BCUT2D eigenvalue weighted by Crippen LogP contribution is 2.10. The standard InChI is InChI=1S/C25H36ClN11O3/c1-4-17(40-14-11-20(38)36-25-33-13-10-19(28)35-25)9-8-16(2)7-5-6-12-32-24(30)37-23(39)18(15-27)34-21(26)22(29)31-3/h4,8-10,13,15H,2,5-7,11-12,14,27H2,1,3H3,(H2,29,31)(H3,30,32,37,39)(H3,28,33,35,36,38)/b9-8-,17-4+,18-15+,34-21?. The maximum absolute atomic E-state index is 12.2. The van der Waals surface area contributed by atoms with Gasteiger partial charge in [0.1, 0.15) is 17.3 Å². The topological polar surface area (TPSA) is 234 Å². The van der Waals surface area contributed by atoms with Crippen LogP contribution in [-0.4, -0.2) is 58.9 Å². The quantitative estimate of drug-likeness (QED) is 0.0444. The van der Waals surface area contributed by atoms with Crippen LogP contribution in [-0.2, 0) is 14.3 Å². The lowest BCUT2D eigenvalue weighted by molar-refractivity contribution is -0.117. The second kappa shape index (κ2) is 18.5. The highest BCUT2D eigenvalue weighted by molar-refractivity contribution is 6.83. The minimum absolute atomic E-state index is 0.0487. The molecule has 0 aliphatic carbocycles. The number of hydrogen-bond donors (Lipinski definition) is 6. The van der Waals surface area contributed by atoms with Crippen molar-refractivity contribution in [2.45, 2.75) is 32.6 Å². The average Bonchev–Trinajstić information content (AvgIpc) is 2.92. The minimum Gasteiger partial charge on any atom is -0.493 e. The number of hydrogen-bond acceptors (Lipinski definition) is 10. The summed E-state index contributed by atoms with van der Waals surface area (Å²) in [5.74, 6) is -0.114. The molecule has 0 saturated carbocycles. The van der Waals surface area contributed by atoms with Crippen LogP contribution in [0.3, 0.4) is 0 Å². The molecule has 0 aliphatic rings. The number of aliphatic imine (C=N–C) groups is 3. The third-order valence-electron chi connectivity index (χ3n) is 4.79. The number of allylic oxidation sites excluding steroid dienone is 4. The van der Waals surface area contributed by atoms with E-state index in [0.717, 1.165) is 18.2 Å². The van der Waals surface area contributed by atoms with Gasteiger partial charge in [0.2, 0.25) is 11.9 Å². The Bertz CT molecular complexity index is 1220. The van der Waals surface area contributed by atoms with Crippen LogP contribution in [0.1, 0.15) is 32.6 Å². The fourth-order valence-electron chi connectivity index (χ4n) is 2.69. The molecule has 14 nitrogen and oxygen atoms in total. The zero-order valence-corrected chi connectivity index (χ0v) is 23.3. The first-order valence-electron chi connectivity index (χ1n) is 12.1. The molecule has 1 aromatic rings. The number of nitrogen functional groups attached to an aromatic ring is 1. The van der Waals surface area contributed by atoms with Crippen molar-refractivity contribution in [1.82, 2.24) is 15.3 Å². The molecule has 0 aliphatic heterocycles. The number of ether oxygens (including phenoxy) is 1. The predicted molar refractivity (Wildman–Crippen MR) is 159 cm³/mol. The summed E-state index contributed by atoms with van der Waals surface area (Å²) in [5.41, 5.74) is 23.0. The van der Waals surface area contributed by atoms with Crippen molar-refractivity contribution in [3.05, 3.63) is 60.3 Å². The summed E-state index contributed by atoms with van der Waals surface area (Å²) in [6.07, 6.45) is 10.1. The van der Waals surface area contributed by atoms with Crippen molar-refractivity contribution in [3.8, 4) is 0 Å². The van der Waals surface area contributed by atoms with Gasteiger partial charge >= 0.3 is 0 Å². The molecule has 216 valence electrons. The summed E-state index contributed by atoms with van der Waals surface area (Å²) in [7, 11) is 1.43. The fraction of sp³-hybridized carbons (Fsp3) is 0.320. The number of rotatable bonds is 15. The van der Waals surface area contributed by atoms with Crippen LogP contribution in [0.15, 0.2) is 75.3 Å². The van der Waals surface area contributed by atoms with E-state index in [1.165, 1.54) is 19.3 Å². The largest absolute Gasteiger partial charge is 0.493 e. The number of nitrogens with one attached hydrogen (secondary N) is 2. The Hall–Kier alpha value is -4.72. The Morgan fingerprint density at radius 1 is 1.23 bits per heavy atom. The highest BCUT2D eigenvalue weighted by Gasteiger charge is 2.12. The molecular formula is C25H36ClN11O3. The van der Waals surface area contributed by atoms with Gasteiger partial charge in [0.25, 0.3) is 5.91 Å². The smallest absolute Gasteiger partial charge is 0.278 e.